The molecule has 0 unspecified atom stereocenters. The van der Waals surface area contributed by atoms with Crippen LogP contribution in [0.2, 0.25) is 0 Å². The van der Waals surface area contributed by atoms with E-state index in [4.69, 9.17) is 0 Å². The lowest BCUT2D eigenvalue weighted by Crippen LogP contribution is -2.43. The van der Waals surface area contributed by atoms with Crippen molar-refractivity contribution in [3.8, 4) is 0 Å². The summed E-state index contributed by atoms with van der Waals surface area (Å²) in [5, 5.41) is 5.90. The van der Waals surface area contributed by atoms with Gasteiger partial charge in [0.15, 0.2) is 0 Å². The lowest BCUT2D eigenvalue weighted by Gasteiger charge is -2.24. The van der Waals surface area contributed by atoms with Crippen LogP contribution >= 0.6 is 0 Å². The Morgan fingerprint density at radius 3 is 2.02 bits per heavy atom. The minimum absolute atomic E-state index is 0.0522. The van der Waals surface area contributed by atoms with Crippen molar-refractivity contribution in [2.75, 3.05) is 17.2 Å². The van der Waals surface area contributed by atoms with Crippen LogP contribution in [0.4, 0.5) is 11.4 Å². The molecule has 41 heavy (non-hydrogen) atoms. The van der Waals surface area contributed by atoms with E-state index in [1.165, 1.54) is 0 Å². The zero-order valence-corrected chi connectivity index (χ0v) is 22.7. The molecule has 3 amide bonds. The molecule has 206 valence electrons. The Labute approximate surface area is 239 Å². The van der Waals surface area contributed by atoms with Gasteiger partial charge in [-0.1, -0.05) is 72.8 Å². The Bertz CT molecular complexity index is 1500. The number of anilines is 2. The molecule has 2 heterocycles. The van der Waals surface area contributed by atoms with E-state index in [0.717, 1.165) is 34.4 Å². The molecule has 1 saturated heterocycles. The van der Waals surface area contributed by atoms with Gasteiger partial charge in [-0.25, -0.2) is 0 Å². The van der Waals surface area contributed by atoms with E-state index in [-0.39, 0.29) is 24.1 Å². The fourth-order valence-electron chi connectivity index (χ4n) is 4.88. The predicted octanol–water partition coefficient (Wildman–Crippen LogP) is 5.61. The summed E-state index contributed by atoms with van der Waals surface area (Å²) in [5.41, 5.74) is 5.24. The van der Waals surface area contributed by atoms with Crippen molar-refractivity contribution >= 4 is 41.2 Å². The zero-order chi connectivity index (χ0) is 28.4. The highest BCUT2D eigenvalue weighted by Crippen LogP contribution is 2.21. The first kappa shape index (κ1) is 27.5. The van der Waals surface area contributed by atoms with Crippen LogP contribution in [0.15, 0.2) is 103 Å². The standard InChI is InChI=1S/C34H32N4O3/c39-32(22-27-6-2-1-3-7-27)36-29-16-12-25(13-17-29)10-11-26-14-18-30(19-15-26)37-34(41)31-9-5-21-38(31)33(40)23-28-8-4-20-35-24-28/h1-4,6-8,10-20,24,31H,5,9,21-23H2,(H,36,39)(H,37,41)/b11-10+/t31-/m0/s1. The number of carbonyl (C=O) groups is 3. The molecule has 7 nitrogen and oxygen atoms in total. The third kappa shape index (κ3) is 7.76. The van der Waals surface area contributed by atoms with Gasteiger partial charge in [0.1, 0.15) is 6.04 Å². The number of hydrogen-bond donors (Lipinski definition) is 2. The van der Waals surface area contributed by atoms with Crippen LogP contribution in [0.5, 0.6) is 0 Å². The van der Waals surface area contributed by atoms with E-state index in [9.17, 15) is 14.4 Å². The second-order valence-electron chi connectivity index (χ2n) is 10.1. The largest absolute Gasteiger partial charge is 0.330 e. The van der Waals surface area contributed by atoms with Crippen molar-refractivity contribution in [1.29, 1.82) is 0 Å². The Balaban J connectivity index is 1.11. The maximum atomic E-state index is 13.0. The van der Waals surface area contributed by atoms with E-state index in [0.29, 0.717) is 25.1 Å². The molecule has 0 radical (unpaired) electrons. The SMILES string of the molecule is O=C(Cc1ccccc1)Nc1ccc(/C=C/c2ccc(NC(=O)[C@@H]3CCCN3C(=O)Cc3cccnc3)cc2)cc1. The molecular formula is C34H32N4O3. The van der Waals surface area contributed by atoms with Gasteiger partial charge < -0.3 is 15.5 Å². The first-order chi connectivity index (χ1) is 20.0. The molecule has 0 bridgehead atoms. The van der Waals surface area contributed by atoms with E-state index in [1.54, 1.807) is 23.4 Å². The first-order valence-corrected chi connectivity index (χ1v) is 13.7. The minimum Gasteiger partial charge on any atom is -0.330 e. The lowest BCUT2D eigenvalue weighted by atomic mass is 10.1. The Kier molecular flexibility index (Phi) is 8.96. The summed E-state index contributed by atoms with van der Waals surface area (Å²) in [4.78, 5) is 43.9. The van der Waals surface area contributed by atoms with Gasteiger partial charge in [-0.2, -0.15) is 0 Å². The number of rotatable bonds is 9. The number of amides is 3. The zero-order valence-electron chi connectivity index (χ0n) is 22.7. The van der Waals surface area contributed by atoms with Gasteiger partial charge in [-0.3, -0.25) is 19.4 Å². The average molecular weight is 545 g/mol. The molecule has 1 aromatic heterocycles. The van der Waals surface area contributed by atoms with E-state index in [2.05, 4.69) is 15.6 Å². The number of hydrogen-bond acceptors (Lipinski definition) is 4. The van der Waals surface area contributed by atoms with Crippen molar-refractivity contribution in [2.45, 2.75) is 31.7 Å². The van der Waals surface area contributed by atoms with Crippen molar-refractivity contribution in [1.82, 2.24) is 9.88 Å². The van der Waals surface area contributed by atoms with Crippen molar-refractivity contribution in [3.05, 3.63) is 126 Å². The minimum atomic E-state index is -0.468. The van der Waals surface area contributed by atoms with Crippen molar-refractivity contribution < 1.29 is 14.4 Å². The Morgan fingerprint density at radius 1 is 0.756 bits per heavy atom. The van der Waals surface area contributed by atoms with Crippen LogP contribution < -0.4 is 10.6 Å². The third-order valence-electron chi connectivity index (χ3n) is 7.00. The van der Waals surface area contributed by atoms with E-state index < -0.39 is 6.04 Å². The molecule has 0 spiro atoms. The predicted molar refractivity (Wildman–Crippen MR) is 162 cm³/mol. The quantitative estimate of drug-likeness (QED) is 0.268. The molecule has 0 saturated carbocycles. The van der Waals surface area contributed by atoms with Crippen molar-refractivity contribution in [2.24, 2.45) is 0 Å². The Hall–Kier alpha value is -5.04. The van der Waals surface area contributed by atoms with Crippen LogP contribution in [0.25, 0.3) is 12.2 Å². The van der Waals surface area contributed by atoms with E-state index >= 15 is 0 Å². The summed E-state index contributed by atoms with van der Waals surface area (Å²) in [5.74, 6) is -0.274. The van der Waals surface area contributed by atoms with Crippen LogP contribution in [-0.2, 0) is 27.2 Å². The summed E-state index contributed by atoms with van der Waals surface area (Å²) >= 11 is 0. The second-order valence-corrected chi connectivity index (χ2v) is 10.1. The number of carbonyl (C=O) groups excluding carboxylic acids is 3. The van der Waals surface area contributed by atoms with Crippen LogP contribution in [-0.4, -0.2) is 40.2 Å². The number of pyridine rings is 1. The average Bonchev–Trinajstić information content (AvgIpc) is 3.49. The fraction of sp³-hybridized carbons (Fsp3) is 0.176. The summed E-state index contributed by atoms with van der Waals surface area (Å²) in [6.45, 7) is 0.585. The summed E-state index contributed by atoms with van der Waals surface area (Å²) in [6, 6.07) is 28.1. The molecule has 1 aliphatic rings. The molecular weight excluding hydrogens is 512 g/mol. The normalized spacial score (nSPS) is 14.6. The van der Waals surface area contributed by atoms with Crippen molar-refractivity contribution in [3.63, 3.8) is 0 Å². The number of nitrogens with one attached hydrogen (secondary N) is 2. The Morgan fingerprint density at radius 2 is 1.39 bits per heavy atom. The fourth-order valence-corrected chi connectivity index (χ4v) is 4.88. The first-order valence-electron chi connectivity index (χ1n) is 13.7. The van der Waals surface area contributed by atoms with Gasteiger partial charge in [0.2, 0.25) is 17.7 Å². The summed E-state index contributed by atoms with van der Waals surface area (Å²) in [6.07, 6.45) is 9.38. The second kappa shape index (κ2) is 13.3. The number of benzene rings is 3. The van der Waals surface area contributed by atoms with Gasteiger partial charge in [0.25, 0.3) is 0 Å². The maximum Gasteiger partial charge on any atom is 0.247 e. The highest BCUT2D eigenvalue weighted by molar-refractivity contribution is 5.98. The molecule has 1 aliphatic heterocycles. The molecule has 3 aromatic carbocycles. The van der Waals surface area contributed by atoms with Gasteiger partial charge in [-0.15, -0.1) is 0 Å². The molecule has 2 N–H and O–H groups in total. The highest BCUT2D eigenvalue weighted by Gasteiger charge is 2.33. The topological polar surface area (TPSA) is 91.4 Å². The maximum absolute atomic E-state index is 13.0. The van der Waals surface area contributed by atoms with Crippen LogP contribution in [0.3, 0.4) is 0 Å². The monoisotopic (exact) mass is 544 g/mol. The van der Waals surface area contributed by atoms with Gasteiger partial charge in [0.05, 0.1) is 12.8 Å². The molecule has 5 rings (SSSR count). The number of aromatic nitrogens is 1. The number of likely N-dealkylation sites (tertiary alicyclic amines) is 1. The summed E-state index contributed by atoms with van der Waals surface area (Å²) in [7, 11) is 0. The third-order valence-corrected chi connectivity index (χ3v) is 7.00. The van der Waals surface area contributed by atoms with Gasteiger partial charge in [0, 0.05) is 30.3 Å². The molecule has 1 atom stereocenters. The molecule has 1 fully saturated rings. The lowest BCUT2D eigenvalue weighted by molar-refractivity contribution is -0.136. The summed E-state index contributed by atoms with van der Waals surface area (Å²) < 4.78 is 0. The number of nitrogens with zero attached hydrogens (tertiary/aromatic N) is 2. The van der Waals surface area contributed by atoms with E-state index in [1.807, 2.05) is 97.1 Å². The van der Waals surface area contributed by atoms with Gasteiger partial charge in [-0.05, 0) is 65.4 Å². The smallest absolute Gasteiger partial charge is 0.247 e. The van der Waals surface area contributed by atoms with Gasteiger partial charge >= 0.3 is 0 Å². The molecule has 7 heteroatoms. The van der Waals surface area contributed by atoms with Crippen LogP contribution in [0.1, 0.15) is 35.1 Å². The molecule has 4 aromatic rings. The molecule has 0 aliphatic carbocycles. The van der Waals surface area contributed by atoms with Crippen LogP contribution in [0, 0.1) is 0 Å². The highest BCUT2D eigenvalue weighted by atomic mass is 16.2.